The van der Waals surface area contributed by atoms with Crippen molar-refractivity contribution in [1.82, 2.24) is 19.6 Å². The molecule has 90 valence electrons. The number of aromatic nitrogens is 4. The van der Waals surface area contributed by atoms with Crippen LogP contribution in [0.2, 0.25) is 0 Å². The van der Waals surface area contributed by atoms with Crippen molar-refractivity contribution >= 4 is 5.78 Å². The third kappa shape index (κ3) is 1.77. The molecule has 0 aliphatic carbocycles. The van der Waals surface area contributed by atoms with E-state index in [1.807, 2.05) is 27.8 Å². The van der Waals surface area contributed by atoms with Crippen LogP contribution in [0.3, 0.4) is 0 Å². The van der Waals surface area contributed by atoms with E-state index in [1.165, 1.54) is 0 Å². The minimum Gasteiger partial charge on any atom is -0.287 e. The molecule has 0 unspecified atom stereocenters. The number of rotatable bonds is 3. The van der Waals surface area contributed by atoms with Crippen LogP contribution in [-0.2, 0) is 13.6 Å². The van der Waals surface area contributed by atoms with Crippen molar-refractivity contribution in [2.45, 2.75) is 27.3 Å². The van der Waals surface area contributed by atoms with Crippen LogP contribution < -0.4 is 0 Å². The predicted molar refractivity (Wildman–Crippen MR) is 64.0 cm³/mol. The van der Waals surface area contributed by atoms with Gasteiger partial charge in [-0.1, -0.05) is 0 Å². The highest BCUT2D eigenvalue weighted by atomic mass is 16.1. The second-order valence-electron chi connectivity index (χ2n) is 4.03. The third-order valence-corrected chi connectivity index (χ3v) is 2.98. The standard InChI is InChI=1S/C12H16N4O/c1-5-16-10(6-7-13-16)12(17)11-8(2)14-15(4)9(11)3/h6-7H,5H2,1-4H3. The van der Waals surface area contributed by atoms with Crippen molar-refractivity contribution in [3.8, 4) is 0 Å². The molecule has 0 aliphatic heterocycles. The number of aryl methyl sites for hydroxylation is 3. The van der Waals surface area contributed by atoms with Crippen molar-refractivity contribution in [2.24, 2.45) is 7.05 Å². The van der Waals surface area contributed by atoms with Gasteiger partial charge in [0.2, 0.25) is 5.78 Å². The second-order valence-corrected chi connectivity index (χ2v) is 4.03. The second kappa shape index (κ2) is 4.16. The molecule has 0 saturated heterocycles. The van der Waals surface area contributed by atoms with Crippen molar-refractivity contribution in [1.29, 1.82) is 0 Å². The fourth-order valence-corrected chi connectivity index (χ4v) is 2.01. The topological polar surface area (TPSA) is 52.7 Å². The number of carbonyl (C=O) groups is 1. The van der Waals surface area contributed by atoms with Crippen molar-refractivity contribution in [3.05, 3.63) is 34.9 Å². The van der Waals surface area contributed by atoms with E-state index >= 15 is 0 Å². The SMILES string of the molecule is CCn1nccc1C(=O)c1c(C)nn(C)c1C. The molecule has 0 atom stereocenters. The molecular formula is C12H16N4O. The predicted octanol–water partition coefficient (Wildman–Crippen LogP) is 1.48. The first-order valence-electron chi connectivity index (χ1n) is 5.63. The van der Waals surface area contributed by atoms with Crippen LogP contribution >= 0.6 is 0 Å². The molecule has 2 aromatic rings. The van der Waals surface area contributed by atoms with Gasteiger partial charge in [-0.05, 0) is 26.8 Å². The highest BCUT2D eigenvalue weighted by molar-refractivity contribution is 6.09. The number of carbonyl (C=O) groups excluding carboxylic acids is 1. The summed E-state index contributed by atoms with van der Waals surface area (Å²) in [6.07, 6.45) is 1.65. The van der Waals surface area contributed by atoms with Crippen LogP contribution in [0.4, 0.5) is 0 Å². The van der Waals surface area contributed by atoms with E-state index in [1.54, 1.807) is 21.6 Å². The first-order valence-corrected chi connectivity index (χ1v) is 5.63. The zero-order chi connectivity index (χ0) is 12.6. The molecule has 2 rings (SSSR count). The van der Waals surface area contributed by atoms with Gasteiger partial charge in [0.05, 0.1) is 11.3 Å². The minimum atomic E-state index is -0.00699. The number of hydrogen-bond donors (Lipinski definition) is 0. The third-order valence-electron chi connectivity index (χ3n) is 2.98. The molecular weight excluding hydrogens is 216 g/mol. The Morgan fingerprint density at radius 2 is 2.12 bits per heavy atom. The van der Waals surface area contributed by atoms with Crippen molar-refractivity contribution in [3.63, 3.8) is 0 Å². The Morgan fingerprint density at radius 1 is 1.41 bits per heavy atom. The van der Waals surface area contributed by atoms with Crippen LogP contribution in [0, 0.1) is 13.8 Å². The lowest BCUT2D eigenvalue weighted by atomic mass is 10.1. The van der Waals surface area contributed by atoms with Crippen molar-refractivity contribution < 1.29 is 4.79 Å². The largest absolute Gasteiger partial charge is 0.287 e. The Hall–Kier alpha value is -1.91. The van der Waals surface area contributed by atoms with Gasteiger partial charge in [-0.25, -0.2) is 0 Å². The molecule has 17 heavy (non-hydrogen) atoms. The lowest BCUT2D eigenvalue weighted by Crippen LogP contribution is -2.12. The van der Waals surface area contributed by atoms with Gasteiger partial charge >= 0.3 is 0 Å². The van der Waals surface area contributed by atoms with Crippen LogP contribution in [0.15, 0.2) is 12.3 Å². The van der Waals surface area contributed by atoms with Gasteiger partial charge in [0, 0.05) is 25.5 Å². The molecule has 5 heteroatoms. The Labute approximate surface area is 100 Å². The summed E-state index contributed by atoms with van der Waals surface area (Å²) in [5, 5.41) is 8.38. The molecule has 0 saturated carbocycles. The van der Waals surface area contributed by atoms with Crippen LogP contribution in [0.25, 0.3) is 0 Å². The summed E-state index contributed by atoms with van der Waals surface area (Å²) in [6.45, 7) is 6.41. The summed E-state index contributed by atoms with van der Waals surface area (Å²) in [5.74, 6) is -0.00699. The molecule has 0 radical (unpaired) electrons. The summed E-state index contributed by atoms with van der Waals surface area (Å²) in [4.78, 5) is 12.4. The summed E-state index contributed by atoms with van der Waals surface area (Å²) >= 11 is 0. The monoisotopic (exact) mass is 232 g/mol. The van der Waals surface area contributed by atoms with Crippen LogP contribution in [-0.4, -0.2) is 25.3 Å². The highest BCUT2D eigenvalue weighted by Crippen LogP contribution is 2.17. The summed E-state index contributed by atoms with van der Waals surface area (Å²) in [6, 6.07) is 1.75. The van der Waals surface area contributed by atoms with E-state index in [2.05, 4.69) is 10.2 Å². The molecule has 0 aliphatic rings. The first-order chi connectivity index (χ1) is 8.06. The van der Waals surface area contributed by atoms with E-state index in [4.69, 9.17) is 0 Å². The van der Waals surface area contributed by atoms with Gasteiger partial charge in [0.25, 0.3) is 0 Å². The normalized spacial score (nSPS) is 10.8. The lowest BCUT2D eigenvalue weighted by Gasteiger charge is -2.04. The smallest absolute Gasteiger partial charge is 0.214 e. The Kier molecular flexibility index (Phi) is 2.83. The van der Waals surface area contributed by atoms with Gasteiger partial charge < -0.3 is 0 Å². The highest BCUT2D eigenvalue weighted by Gasteiger charge is 2.21. The van der Waals surface area contributed by atoms with Gasteiger partial charge in [0.1, 0.15) is 5.69 Å². The molecule has 2 heterocycles. The maximum absolute atomic E-state index is 12.4. The first kappa shape index (κ1) is 11.6. The Balaban J connectivity index is 2.51. The molecule has 0 spiro atoms. The van der Waals surface area contributed by atoms with E-state index in [-0.39, 0.29) is 5.78 Å². The number of nitrogens with zero attached hydrogens (tertiary/aromatic N) is 4. The van der Waals surface area contributed by atoms with E-state index in [0.29, 0.717) is 17.8 Å². The van der Waals surface area contributed by atoms with Gasteiger partial charge in [-0.3, -0.25) is 14.2 Å². The molecule has 2 aromatic heterocycles. The van der Waals surface area contributed by atoms with Crippen LogP contribution in [0.5, 0.6) is 0 Å². The molecule has 0 fully saturated rings. The molecule has 0 N–H and O–H groups in total. The van der Waals surface area contributed by atoms with E-state index in [9.17, 15) is 4.79 Å². The minimum absolute atomic E-state index is 0.00699. The van der Waals surface area contributed by atoms with Crippen molar-refractivity contribution in [2.75, 3.05) is 0 Å². The summed E-state index contributed by atoms with van der Waals surface area (Å²) in [7, 11) is 1.84. The summed E-state index contributed by atoms with van der Waals surface area (Å²) in [5.41, 5.74) is 2.95. The average molecular weight is 232 g/mol. The van der Waals surface area contributed by atoms with Gasteiger partial charge in [-0.15, -0.1) is 0 Å². The maximum atomic E-state index is 12.4. The lowest BCUT2D eigenvalue weighted by molar-refractivity contribution is 0.102. The zero-order valence-corrected chi connectivity index (χ0v) is 10.6. The number of hydrogen-bond acceptors (Lipinski definition) is 3. The van der Waals surface area contributed by atoms with Gasteiger partial charge in [0.15, 0.2) is 0 Å². The van der Waals surface area contributed by atoms with E-state index in [0.717, 1.165) is 11.4 Å². The van der Waals surface area contributed by atoms with E-state index < -0.39 is 0 Å². The average Bonchev–Trinajstić information content (AvgIpc) is 2.84. The molecule has 0 bridgehead atoms. The molecule has 5 nitrogen and oxygen atoms in total. The number of ketones is 1. The fourth-order valence-electron chi connectivity index (χ4n) is 2.01. The quantitative estimate of drug-likeness (QED) is 0.753. The van der Waals surface area contributed by atoms with Crippen LogP contribution in [0.1, 0.15) is 34.4 Å². The molecule has 0 aromatic carbocycles. The molecule has 0 amide bonds. The summed E-state index contributed by atoms with van der Waals surface area (Å²) < 4.78 is 3.43. The maximum Gasteiger partial charge on any atom is 0.214 e. The Bertz CT molecular complexity index is 565. The Morgan fingerprint density at radius 3 is 2.65 bits per heavy atom. The zero-order valence-electron chi connectivity index (χ0n) is 10.6. The van der Waals surface area contributed by atoms with Gasteiger partial charge in [-0.2, -0.15) is 10.2 Å². The fraction of sp³-hybridized carbons (Fsp3) is 0.417.